The molecule has 0 aromatic heterocycles. The summed E-state index contributed by atoms with van der Waals surface area (Å²) in [4.78, 5) is 12.0. The number of nitrogens with one attached hydrogen (secondary N) is 2. The number of hydrogen-bond donors (Lipinski definition) is 2. The SMILES string of the molecule is Cc1ccccc1CNC(=O)NC(C)c1ccc(C#N)cc1. The normalized spacial score (nSPS) is 11.3. The zero-order valence-corrected chi connectivity index (χ0v) is 12.8. The second kappa shape index (κ2) is 7.28. The molecule has 0 aliphatic heterocycles. The van der Waals surface area contributed by atoms with Crippen molar-refractivity contribution in [3.8, 4) is 6.07 Å². The molecule has 0 bridgehead atoms. The van der Waals surface area contributed by atoms with Crippen LogP contribution >= 0.6 is 0 Å². The molecule has 1 atom stereocenters. The Hall–Kier alpha value is -2.80. The molecule has 22 heavy (non-hydrogen) atoms. The standard InChI is InChI=1S/C18H19N3O/c1-13-5-3-4-6-17(13)12-20-18(22)21-14(2)16-9-7-15(11-19)8-10-16/h3-10,14H,12H2,1-2H3,(H2,20,21,22). The molecule has 1 unspecified atom stereocenters. The van der Waals surface area contributed by atoms with Crippen LogP contribution in [0.3, 0.4) is 0 Å². The average Bonchev–Trinajstić information content (AvgIpc) is 2.54. The van der Waals surface area contributed by atoms with E-state index in [0.29, 0.717) is 12.1 Å². The summed E-state index contributed by atoms with van der Waals surface area (Å²) in [7, 11) is 0. The molecule has 0 saturated heterocycles. The molecule has 4 nitrogen and oxygen atoms in total. The number of urea groups is 1. The summed E-state index contributed by atoms with van der Waals surface area (Å²) in [6, 6.07) is 16.9. The van der Waals surface area contributed by atoms with Crippen molar-refractivity contribution in [2.45, 2.75) is 26.4 Å². The predicted octanol–water partition coefficient (Wildman–Crippen LogP) is 3.43. The zero-order chi connectivity index (χ0) is 15.9. The van der Waals surface area contributed by atoms with E-state index in [1.807, 2.05) is 50.2 Å². The van der Waals surface area contributed by atoms with Crippen molar-refractivity contribution in [1.82, 2.24) is 10.6 Å². The lowest BCUT2D eigenvalue weighted by Gasteiger charge is -2.15. The van der Waals surface area contributed by atoms with Gasteiger partial charge in [-0.3, -0.25) is 0 Å². The van der Waals surface area contributed by atoms with Gasteiger partial charge in [-0.1, -0.05) is 36.4 Å². The molecule has 0 saturated carbocycles. The van der Waals surface area contributed by atoms with Crippen LogP contribution in [0.1, 0.15) is 35.2 Å². The molecular formula is C18H19N3O. The van der Waals surface area contributed by atoms with E-state index in [2.05, 4.69) is 16.7 Å². The first-order chi connectivity index (χ1) is 10.6. The van der Waals surface area contributed by atoms with E-state index in [9.17, 15) is 4.79 Å². The lowest BCUT2D eigenvalue weighted by atomic mass is 10.1. The Morgan fingerprint density at radius 1 is 1.18 bits per heavy atom. The number of amides is 2. The molecule has 112 valence electrons. The van der Waals surface area contributed by atoms with Crippen molar-refractivity contribution < 1.29 is 4.79 Å². The van der Waals surface area contributed by atoms with Gasteiger partial charge in [0.1, 0.15) is 0 Å². The highest BCUT2D eigenvalue weighted by atomic mass is 16.2. The molecule has 2 amide bonds. The molecule has 2 N–H and O–H groups in total. The molecule has 4 heteroatoms. The number of nitriles is 1. The third-order valence-electron chi connectivity index (χ3n) is 3.59. The van der Waals surface area contributed by atoms with Crippen LogP contribution in [0.15, 0.2) is 48.5 Å². The van der Waals surface area contributed by atoms with Gasteiger partial charge in [-0.25, -0.2) is 4.79 Å². The van der Waals surface area contributed by atoms with Gasteiger partial charge in [-0.2, -0.15) is 5.26 Å². The number of nitrogens with zero attached hydrogens (tertiary/aromatic N) is 1. The lowest BCUT2D eigenvalue weighted by Crippen LogP contribution is -2.36. The van der Waals surface area contributed by atoms with Gasteiger partial charge in [0.2, 0.25) is 0 Å². The highest BCUT2D eigenvalue weighted by Gasteiger charge is 2.09. The summed E-state index contributed by atoms with van der Waals surface area (Å²) < 4.78 is 0. The van der Waals surface area contributed by atoms with Crippen molar-refractivity contribution in [3.05, 3.63) is 70.8 Å². The molecule has 0 radical (unpaired) electrons. The third kappa shape index (κ3) is 4.10. The van der Waals surface area contributed by atoms with Crippen LogP contribution in [0.25, 0.3) is 0 Å². The van der Waals surface area contributed by atoms with E-state index < -0.39 is 0 Å². The van der Waals surface area contributed by atoms with Crippen molar-refractivity contribution in [2.24, 2.45) is 0 Å². The molecule has 0 heterocycles. The lowest BCUT2D eigenvalue weighted by molar-refractivity contribution is 0.237. The van der Waals surface area contributed by atoms with E-state index >= 15 is 0 Å². The molecule has 2 aromatic rings. The molecular weight excluding hydrogens is 274 g/mol. The average molecular weight is 293 g/mol. The van der Waals surface area contributed by atoms with Crippen LogP contribution in [0.4, 0.5) is 4.79 Å². The van der Waals surface area contributed by atoms with Crippen molar-refractivity contribution in [3.63, 3.8) is 0 Å². The van der Waals surface area contributed by atoms with Crippen LogP contribution in [-0.2, 0) is 6.54 Å². The monoisotopic (exact) mass is 293 g/mol. The Balaban J connectivity index is 1.88. The Kier molecular flexibility index (Phi) is 5.16. The summed E-state index contributed by atoms with van der Waals surface area (Å²) >= 11 is 0. The molecule has 2 aromatic carbocycles. The van der Waals surface area contributed by atoms with Crippen molar-refractivity contribution in [1.29, 1.82) is 5.26 Å². The van der Waals surface area contributed by atoms with Gasteiger partial charge in [0.25, 0.3) is 0 Å². The topological polar surface area (TPSA) is 64.9 Å². The number of benzene rings is 2. The molecule has 0 aliphatic rings. The number of carbonyl (C=O) groups is 1. The Morgan fingerprint density at radius 3 is 2.50 bits per heavy atom. The fourth-order valence-corrected chi connectivity index (χ4v) is 2.16. The maximum Gasteiger partial charge on any atom is 0.315 e. The van der Waals surface area contributed by atoms with Gasteiger partial charge < -0.3 is 10.6 Å². The minimum atomic E-state index is -0.208. The fourth-order valence-electron chi connectivity index (χ4n) is 2.16. The zero-order valence-electron chi connectivity index (χ0n) is 12.8. The summed E-state index contributed by atoms with van der Waals surface area (Å²) in [5.74, 6) is 0. The fraction of sp³-hybridized carbons (Fsp3) is 0.222. The summed E-state index contributed by atoms with van der Waals surface area (Å²) in [5.41, 5.74) is 3.83. The van der Waals surface area contributed by atoms with Gasteiger partial charge in [-0.15, -0.1) is 0 Å². The first kappa shape index (κ1) is 15.6. The van der Waals surface area contributed by atoms with Crippen LogP contribution in [-0.4, -0.2) is 6.03 Å². The van der Waals surface area contributed by atoms with E-state index in [1.54, 1.807) is 12.1 Å². The first-order valence-corrected chi connectivity index (χ1v) is 7.19. The van der Waals surface area contributed by atoms with Gasteiger partial charge >= 0.3 is 6.03 Å². The van der Waals surface area contributed by atoms with Gasteiger partial charge in [0.15, 0.2) is 0 Å². The van der Waals surface area contributed by atoms with Gasteiger partial charge in [0, 0.05) is 6.54 Å². The highest BCUT2D eigenvalue weighted by molar-refractivity contribution is 5.74. The smallest absolute Gasteiger partial charge is 0.315 e. The maximum absolute atomic E-state index is 12.0. The number of carbonyl (C=O) groups excluding carboxylic acids is 1. The summed E-state index contributed by atoms with van der Waals surface area (Å²) in [6.45, 7) is 4.43. The van der Waals surface area contributed by atoms with Crippen molar-refractivity contribution in [2.75, 3.05) is 0 Å². The van der Waals surface area contributed by atoms with Crippen LogP contribution in [0.2, 0.25) is 0 Å². The van der Waals surface area contributed by atoms with Crippen molar-refractivity contribution >= 4 is 6.03 Å². The second-order valence-corrected chi connectivity index (χ2v) is 5.21. The van der Waals surface area contributed by atoms with E-state index in [-0.39, 0.29) is 12.1 Å². The molecule has 0 fully saturated rings. The first-order valence-electron chi connectivity index (χ1n) is 7.19. The minimum Gasteiger partial charge on any atom is -0.334 e. The highest BCUT2D eigenvalue weighted by Crippen LogP contribution is 2.13. The maximum atomic E-state index is 12.0. The Bertz CT molecular complexity index is 686. The molecule has 0 aliphatic carbocycles. The number of hydrogen-bond acceptors (Lipinski definition) is 2. The van der Waals surface area contributed by atoms with Gasteiger partial charge in [-0.05, 0) is 42.7 Å². The largest absolute Gasteiger partial charge is 0.334 e. The quantitative estimate of drug-likeness (QED) is 0.907. The van der Waals surface area contributed by atoms with E-state index in [4.69, 9.17) is 5.26 Å². The Morgan fingerprint density at radius 2 is 1.86 bits per heavy atom. The van der Waals surface area contributed by atoms with Crippen LogP contribution in [0.5, 0.6) is 0 Å². The van der Waals surface area contributed by atoms with Gasteiger partial charge in [0.05, 0.1) is 17.7 Å². The minimum absolute atomic E-state index is 0.121. The van der Waals surface area contributed by atoms with Crippen LogP contribution < -0.4 is 10.6 Å². The Labute approximate surface area is 130 Å². The van der Waals surface area contributed by atoms with Crippen LogP contribution in [0, 0.1) is 18.3 Å². The third-order valence-corrected chi connectivity index (χ3v) is 3.59. The summed E-state index contributed by atoms with van der Waals surface area (Å²) in [5, 5.41) is 14.5. The second-order valence-electron chi connectivity index (χ2n) is 5.21. The van der Waals surface area contributed by atoms with E-state index in [1.165, 1.54) is 0 Å². The molecule has 2 rings (SSSR count). The predicted molar refractivity (Wildman–Crippen MR) is 86.1 cm³/mol. The van der Waals surface area contributed by atoms with E-state index in [0.717, 1.165) is 16.7 Å². The number of aryl methyl sites for hydroxylation is 1. The molecule has 0 spiro atoms. The number of rotatable bonds is 4. The summed E-state index contributed by atoms with van der Waals surface area (Å²) in [6.07, 6.45) is 0.